The minimum atomic E-state index is -0.234. The Morgan fingerprint density at radius 3 is 2.33 bits per heavy atom. The number of methoxy groups -OCH3 is 1. The van der Waals surface area contributed by atoms with Crippen LogP contribution in [0.2, 0.25) is 0 Å². The smallest absolute Gasteiger partial charge is 0.171 e. The second-order valence-corrected chi connectivity index (χ2v) is 7.75. The highest BCUT2D eigenvalue weighted by atomic mass is 127. The lowest BCUT2D eigenvalue weighted by Gasteiger charge is -2.19. The standard InChI is InChI=1S/C18H18I2O4/c1-9(11-4-13(8-21)17(22)14(19)5-11)10(2)12-6-15(20)18(23)16(7-12)24-3/h4-7,10,21-23H,1,8H2,2-3H3. The fourth-order valence-corrected chi connectivity index (χ4v) is 3.72. The van der Waals surface area contributed by atoms with Gasteiger partial charge in [0.2, 0.25) is 0 Å². The van der Waals surface area contributed by atoms with Crippen LogP contribution in [0.4, 0.5) is 0 Å². The third-order valence-electron chi connectivity index (χ3n) is 3.98. The summed E-state index contributed by atoms with van der Waals surface area (Å²) < 4.78 is 6.60. The molecule has 0 heterocycles. The summed E-state index contributed by atoms with van der Waals surface area (Å²) in [5.41, 5.74) is 3.15. The summed E-state index contributed by atoms with van der Waals surface area (Å²) in [6.07, 6.45) is 0. The van der Waals surface area contributed by atoms with Crippen molar-refractivity contribution in [2.45, 2.75) is 19.4 Å². The molecule has 1 unspecified atom stereocenters. The van der Waals surface area contributed by atoms with Crippen LogP contribution in [0.3, 0.4) is 0 Å². The number of phenolic OH excluding ortho intramolecular Hbond substituents is 1. The number of aromatic hydroxyl groups is 2. The molecule has 0 spiro atoms. The summed E-state index contributed by atoms with van der Waals surface area (Å²) in [5.74, 6) is 0.623. The molecule has 0 aliphatic rings. The molecule has 4 nitrogen and oxygen atoms in total. The van der Waals surface area contributed by atoms with Crippen LogP contribution < -0.4 is 4.74 Å². The third-order valence-corrected chi connectivity index (χ3v) is 5.62. The van der Waals surface area contributed by atoms with Crippen LogP contribution >= 0.6 is 45.2 Å². The Labute approximate surface area is 168 Å². The molecule has 24 heavy (non-hydrogen) atoms. The number of allylic oxidation sites excluding steroid dienone is 1. The minimum Gasteiger partial charge on any atom is -0.506 e. The van der Waals surface area contributed by atoms with E-state index >= 15 is 0 Å². The van der Waals surface area contributed by atoms with Gasteiger partial charge in [0, 0.05) is 11.5 Å². The number of rotatable bonds is 5. The fourth-order valence-electron chi connectivity index (χ4n) is 2.41. The van der Waals surface area contributed by atoms with E-state index < -0.39 is 0 Å². The van der Waals surface area contributed by atoms with Crippen molar-refractivity contribution >= 4 is 50.8 Å². The number of aliphatic hydroxyl groups is 1. The first-order chi connectivity index (χ1) is 11.3. The Kier molecular flexibility index (Phi) is 6.38. The molecular formula is C18H18I2O4. The topological polar surface area (TPSA) is 69.9 Å². The highest BCUT2D eigenvalue weighted by Gasteiger charge is 2.18. The second kappa shape index (κ2) is 7.92. The minimum absolute atomic E-state index is 0.0279. The van der Waals surface area contributed by atoms with Crippen molar-refractivity contribution in [3.63, 3.8) is 0 Å². The highest BCUT2D eigenvalue weighted by Crippen LogP contribution is 2.39. The molecule has 0 aliphatic carbocycles. The Balaban J connectivity index is 2.44. The molecule has 0 bridgehead atoms. The van der Waals surface area contributed by atoms with E-state index in [0.29, 0.717) is 18.5 Å². The van der Waals surface area contributed by atoms with Gasteiger partial charge in [0.15, 0.2) is 11.5 Å². The van der Waals surface area contributed by atoms with Crippen molar-refractivity contribution in [2.75, 3.05) is 7.11 Å². The molecule has 0 fully saturated rings. The van der Waals surface area contributed by atoms with E-state index in [4.69, 9.17) is 4.74 Å². The normalized spacial score (nSPS) is 12.0. The summed E-state index contributed by atoms with van der Waals surface area (Å²) in [6, 6.07) is 7.29. The van der Waals surface area contributed by atoms with Gasteiger partial charge in [0.25, 0.3) is 0 Å². The van der Waals surface area contributed by atoms with Gasteiger partial charge in [-0.25, -0.2) is 0 Å². The third kappa shape index (κ3) is 3.80. The van der Waals surface area contributed by atoms with E-state index in [1.54, 1.807) is 12.1 Å². The molecule has 0 aliphatic heterocycles. The first-order valence-corrected chi connectivity index (χ1v) is 9.33. The summed E-state index contributed by atoms with van der Waals surface area (Å²) in [6.45, 7) is 5.97. The van der Waals surface area contributed by atoms with Crippen LogP contribution in [0.15, 0.2) is 30.8 Å². The number of phenols is 2. The zero-order chi connectivity index (χ0) is 18.0. The van der Waals surface area contributed by atoms with E-state index in [-0.39, 0.29) is 24.0 Å². The summed E-state index contributed by atoms with van der Waals surface area (Å²) in [4.78, 5) is 0. The fraction of sp³-hybridized carbons (Fsp3) is 0.222. The van der Waals surface area contributed by atoms with Gasteiger partial charge in [-0.05, 0) is 86.1 Å². The van der Waals surface area contributed by atoms with Crippen LogP contribution in [-0.4, -0.2) is 22.4 Å². The molecule has 0 saturated heterocycles. The van der Waals surface area contributed by atoms with Crippen molar-refractivity contribution in [1.29, 1.82) is 0 Å². The van der Waals surface area contributed by atoms with Crippen LogP contribution in [0.1, 0.15) is 29.5 Å². The number of hydrogen-bond acceptors (Lipinski definition) is 4. The average molecular weight is 552 g/mol. The molecule has 2 aromatic rings. The first-order valence-electron chi connectivity index (χ1n) is 7.17. The first kappa shape index (κ1) is 19.3. The molecule has 1 atom stereocenters. The lowest BCUT2D eigenvalue weighted by Crippen LogP contribution is -2.00. The number of halogens is 2. The van der Waals surface area contributed by atoms with Crippen molar-refractivity contribution in [3.05, 3.63) is 54.7 Å². The van der Waals surface area contributed by atoms with Crippen molar-refractivity contribution < 1.29 is 20.1 Å². The number of aliphatic hydroxyl groups excluding tert-OH is 1. The van der Waals surface area contributed by atoms with Gasteiger partial charge in [-0.3, -0.25) is 0 Å². The predicted octanol–water partition coefficient (Wildman–Crippen LogP) is 4.62. The molecule has 6 heteroatoms. The van der Waals surface area contributed by atoms with Crippen molar-refractivity contribution in [2.24, 2.45) is 0 Å². The molecule has 0 aromatic heterocycles. The molecule has 0 amide bonds. The summed E-state index contributed by atoms with van der Waals surface area (Å²) >= 11 is 4.10. The van der Waals surface area contributed by atoms with E-state index in [0.717, 1.165) is 16.7 Å². The summed E-state index contributed by atoms with van der Waals surface area (Å²) in [5, 5.41) is 29.3. The average Bonchev–Trinajstić information content (AvgIpc) is 2.58. The van der Waals surface area contributed by atoms with Gasteiger partial charge in [-0.1, -0.05) is 13.5 Å². The van der Waals surface area contributed by atoms with Gasteiger partial charge in [0.05, 0.1) is 20.9 Å². The molecule has 2 aromatic carbocycles. The molecule has 3 N–H and O–H groups in total. The number of hydrogen-bond donors (Lipinski definition) is 3. The number of benzene rings is 2. The van der Waals surface area contributed by atoms with E-state index in [2.05, 4.69) is 29.2 Å². The summed E-state index contributed by atoms with van der Waals surface area (Å²) in [7, 11) is 1.52. The lowest BCUT2D eigenvalue weighted by atomic mass is 9.88. The van der Waals surface area contributed by atoms with Crippen molar-refractivity contribution in [3.8, 4) is 17.2 Å². The van der Waals surface area contributed by atoms with Crippen LogP contribution in [0.25, 0.3) is 5.57 Å². The molecule has 128 valence electrons. The van der Waals surface area contributed by atoms with Crippen molar-refractivity contribution in [1.82, 2.24) is 0 Å². The quantitative estimate of drug-likeness (QED) is 0.474. The lowest BCUT2D eigenvalue weighted by molar-refractivity contribution is 0.275. The maximum Gasteiger partial charge on any atom is 0.171 e. The zero-order valence-corrected chi connectivity index (χ0v) is 17.6. The van der Waals surface area contributed by atoms with E-state index in [1.807, 2.05) is 41.6 Å². The molecular weight excluding hydrogens is 534 g/mol. The van der Waals surface area contributed by atoms with Crippen LogP contribution in [0, 0.1) is 7.14 Å². The van der Waals surface area contributed by atoms with Gasteiger partial charge >= 0.3 is 0 Å². The second-order valence-electron chi connectivity index (χ2n) is 5.42. The zero-order valence-electron chi connectivity index (χ0n) is 13.3. The Hall–Kier alpha value is -1.00. The van der Waals surface area contributed by atoms with E-state index in [1.165, 1.54) is 7.11 Å². The maximum absolute atomic E-state index is 9.98. The largest absolute Gasteiger partial charge is 0.506 e. The highest BCUT2D eigenvalue weighted by molar-refractivity contribution is 14.1. The van der Waals surface area contributed by atoms with E-state index in [9.17, 15) is 15.3 Å². The van der Waals surface area contributed by atoms with Gasteiger partial charge in [0.1, 0.15) is 5.75 Å². The molecule has 0 saturated carbocycles. The Bertz CT molecular complexity index is 787. The van der Waals surface area contributed by atoms with Gasteiger partial charge in [-0.15, -0.1) is 0 Å². The van der Waals surface area contributed by atoms with Gasteiger partial charge < -0.3 is 20.1 Å². The molecule has 0 radical (unpaired) electrons. The predicted molar refractivity (Wildman–Crippen MR) is 112 cm³/mol. The van der Waals surface area contributed by atoms with Gasteiger partial charge in [-0.2, -0.15) is 0 Å². The Morgan fingerprint density at radius 1 is 1.12 bits per heavy atom. The van der Waals surface area contributed by atoms with Crippen LogP contribution in [-0.2, 0) is 6.61 Å². The number of ether oxygens (including phenoxy) is 1. The SMILES string of the molecule is C=C(c1cc(I)c(O)c(CO)c1)C(C)c1cc(I)c(O)c(OC)c1. The monoisotopic (exact) mass is 552 g/mol. The maximum atomic E-state index is 9.98. The molecule has 2 rings (SSSR count). The Morgan fingerprint density at radius 2 is 1.75 bits per heavy atom. The van der Waals surface area contributed by atoms with Crippen LogP contribution in [0.5, 0.6) is 17.2 Å².